The number of amides is 1. The van der Waals surface area contributed by atoms with Crippen molar-refractivity contribution in [3.63, 3.8) is 0 Å². The molecule has 41 heavy (non-hydrogen) atoms. The van der Waals surface area contributed by atoms with E-state index in [1.165, 1.54) is 55.9 Å². The molecule has 0 aliphatic heterocycles. The molecule has 10 nitrogen and oxygen atoms in total. The lowest BCUT2D eigenvalue weighted by molar-refractivity contribution is -0.134. The summed E-state index contributed by atoms with van der Waals surface area (Å²) >= 11 is 0. The number of carbonyl (C=O) groups excluding carboxylic acids is 3. The largest absolute Gasteiger partial charge is 0.478 e. The minimum atomic E-state index is -1.11. The molecule has 0 unspecified atom stereocenters. The number of fused-ring (bicyclic) bond motifs is 1. The van der Waals surface area contributed by atoms with Gasteiger partial charge in [0.25, 0.3) is 17.7 Å². The zero-order chi connectivity index (χ0) is 29.1. The molecule has 0 spiro atoms. The molecule has 1 fully saturated rings. The van der Waals surface area contributed by atoms with E-state index in [2.05, 4.69) is 15.0 Å². The Morgan fingerprint density at radius 1 is 0.927 bits per heavy atom. The van der Waals surface area contributed by atoms with E-state index in [1.54, 1.807) is 0 Å². The summed E-state index contributed by atoms with van der Waals surface area (Å²) in [5, 5.41) is 0. The lowest BCUT2D eigenvalue weighted by Gasteiger charge is -2.14. The highest BCUT2D eigenvalue weighted by Gasteiger charge is 2.54. The molecule has 2 N–H and O–H groups in total. The number of nitrogens with zero attached hydrogens (tertiary/aromatic N) is 3. The van der Waals surface area contributed by atoms with Crippen LogP contribution < -0.4 is 19.9 Å². The van der Waals surface area contributed by atoms with E-state index in [1.807, 2.05) is 0 Å². The van der Waals surface area contributed by atoms with Crippen molar-refractivity contribution < 1.29 is 37.4 Å². The number of nitrogens with two attached hydrogens (primary N) is 1. The standard InChI is InChI=1S/C29H24F2N4O6/c1-39-28-22(40-15-25(32)38)13-20-26(35-28)21(6-9-33-20)41-27-19(31)10-17(14-34-27)12-24(37)29(7-8-29)23(36)11-16-2-4-18(30)5-3-16/h2-6,9-10,13-14H,7-8,11-12,15H2,1H3,(H2,32,38). The number of aromatic nitrogens is 3. The number of ketones is 2. The number of hydrogen-bond acceptors (Lipinski definition) is 9. The van der Waals surface area contributed by atoms with Crippen LogP contribution in [-0.4, -0.2) is 46.1 Å². The van der Waals surface area contributed by atoms with E-state index < -0.39 is 29.6 Å². The lowest BCUT2D eigenvalue weighted by Crippen LogP contribution is -2.29. The van der Waals surface area contributed by atoms with Crippen molar-refractivity contribution in [1.29, 1.82) is 0 Å². The Kier molecular flexibility index (Phi) is 7.56. The highest BCUT2D eigenvalue weighted by Crippen LogP contribution is 2.49. The average Bonchev–Trinajstić information content (AvgIpc) is 3.77. The Bertz CT molecular complexity index is 1660. The number of benzene rings is 1. The molecule has 1 amide bonds. The third-order valence-electron chi connectivity index (χ3n) is 6.70. The Balaban J connectivity index is 1.30. The summed E-state index contributed by atoms with van der Waals surface area (Å²) < 4.78 is 44.4. The Hall–Kier alpha value is -5.00. The predicted octanol–water partition coefficient (Wildman–Crippen LogP) is 3.67. The molecule has 1 aliphatic carbocycles. The molecule has 0 saturated heterocycles. The number of Topliss-reactive ketones (excluding diaryl/α,β-unsaturated/α-hetero) is 2. The first-order chi connectivity index (χ1) is 19.7. The van der Waals surface area contributed by atoms with Crippen LogP contribution in [0.5, 0.6) is 23.3 Å². The average molecular weight is 563 g/mol. The van der Waals surface area contributed by atoms with Crippen molar-refractivity contribution in [2.24, 2.45) is 11.1 Å². The molecule has 3 aromatic heterocycles. The zero-order valence-electron chi connectivity index (χ0n) is 21.9. The maximum absolute atomic E-state index is 15.0. The van der Waals surface area contributed by atoms with Crippen LogP contribution in [0, 0.1) is 17.0 Å². The van der Waals surface area contributed by atoms with Crippen molar-refractivity contribution in [1.82, 2.24) is 15.0 Å². The minimum Gasteiger partial charge on any atom is -0.478 e. The molecule has 1 saturated carbocycles. The fourth-order valence-electron chi connectivity index (χ4n) is 4.38. The van der Waals surface area contributed by atoms with Gasteiger partial charge in [0, 0.05) is 37.4 Å². The summed E-state index contributed by atoms with van der Waals surface area (Å²) in [5.41, 5.74) is 5.45. The van der Waals surface area contributed by atoms with Gasteiger partial charge >= 0.3 is 0 Å². The van der Waals surface area contributed by atoms with Crippen molar-refractivity contribution in [2.45, 2.75) is 25.7 Å². The normalized spacial score (nSPS) is 13.4. The Morgan fingerprint density at radius 2 is 1.63 bits per heavy atom. The second-order valence-corrected chi connectivity index (χ2v) is 9.57. The van der Waals surface area contributed by atoms with Gasteiger partial charge in [0.05, 0.1) is 18.0 Å². The van der Waals surface area contributed by atoms with Crippen LogP contribution >= 0.6 is 0 Å². The lowest BCUT2D eigenvalue weighted by atomic mass is 9.88. The van der Waals surface area contributed by atoms with Gasteiger partial charge in [-0.05, 0) is 42.2 Å². The van der Waals surface area contributed by atoms with E-state index in [0.29, 0.717) is 23.9 Å². The molecule has 5 rings (SSSR count). The topological polar surface area (TPSA) is 144 Å². The summed E-state index contributed by atoms with van der Waals surface area (Å²) in [4.78, 5) is 49.6. The molecule has 0 atom stereocenters. The van der Waals surface area contributed by atoms with Crippen molar-refractivity contribution in [2.75, 3.05) is 13.7 Å². The van der Waals surface area contributed by atoms with Crippen molar-refractivity contribution in [3.8, 4) is 23.3 Å². The number of halogens is 2. The Labute approximate surface area is 232 Å². The number of ether oxygens (including phenoxy) is 3. The highest BCUT2D eigenvalue weighted by molar-refractivity contribution is 6.10. The van der Waals surface area contributed by atoms with Gasteiger partial charge in [-0.1, -0.05) is 12.1 Å². The SMILES string of the molecule is COc1nc2c(Oc3ncc(CC(=O)C4(C(=O)Cc5ccc(F)cc5)CC4)cc3F)ccnc2cc1OCC(N)=O. The van der Waals surface area contributed by atoms with Crippen LogP contribution in [0.15, 0.2) is 54.9 Å². The molecule has 4 aromatic rings. The van der Waals surface area contributed by atoms with Crippen LogP contribution in [0.25, 0.3) is 11.0 Å². The van der Waals surface area contributed by atoms with Crippen molar-refractivity contribution >= 4 is 28.5 Å². The first-order valence-electron chi connectivity index (χ1n) is 12.6. The molecule has 0 bridgehead atoms. The van der Waals surface area contributed by atoms with E-state index >= 15 is 4.39 Å². The summed E-state index contributed by atoms with van der Waals surface area (Å²) in [7, 11) is 1.35. The molecule has 12 heteroatoms. The number of hydrogen-bond donors (Lipinski definition) is 1. The van der Waals surface area contributed by atoms with Gasteiger partial charge in [0.15, 0.2) is 35.5 Å². The maximum Gasteiger partial charge on any atom is 0.257 e. The number of pyridine rings is 3. The first kappa shape index (κ1) is 27.6. The number of rotatable bonds is 12. The fourth-order valence-corrected chi connectivity index (χ4v) is 4.38. The van der Waals surface area contributed by atoms with Gasteiger partial charge in [-0.25, -0.2) is 18.7 Å². The van der Waals surface area contributed by atoms with E-state index in [9.17, 15) is 18.8 Å². The second kappa shape index (κ2) is 11.2. The predicted molar refractivity (Wildman–Crippen MR) is 141 cm³/mol. The molecule has 1 aliphatic rings. The zero-order valence-corrected chi connectivity index (χ0v) is 21.9. The summed E-state index contributed by atoms with van der Waals surface area (Å²) in [6.07, 6.45) is 3.40. The minimum absolute atomic E-state index is 0.0167. The number of methoxy groups -OCH3 is 1. The second-order valence-electron chi connectivity index (χ2n) is 9.57. The summed E-state index contributed by atoms with van der Waals surface area (Å²) in [5.74, 6) is -2.56. The molecule has 1 aromatic carbocycles. The van der Waals surface area contributed by atoms with E-state index in [4.69, 9.17) is 19.9 Å². The van der Waals surface area contributed by atoms with Crippen molar-refractivity contribution in [3.05, 3.63) is 77.6 Å². The van der Waals surface area contributed by atoms with Crippen LogP contribution in [0.4, 0.5) is 8.78 Å². The number of carbonyl (C=O) groups is 3. The number of primary amides is 1. The Morgan fingerprint density at radius 3 is 2.27 bits per heavy atom. The molecule has 210 valence electrons. The van der Waals surface area contributed by atoms with Crippen LogP contribution in [0.1, 0.15) is 24.0 Å². The highest BCUT2D eigenvalue weighted by atomic mass is 19.1. The molecule has 0 radical (unpaired) electrons. The smallest absolute Gasteiger partial charge is 0.257 e. The van der Waals surface area contributed by atoms with E-state index in [-0.39, 0.29) is 58.7 Å². The maximum atomic E-state index is 15.0. The van der Waals surface area contributed by atoms with Gasteiger partial charge in [0.1, 0.15) is 11.3 Å². The third-order valence-corrected chi connectivity index (χ3v) is 6.70. The quantitative estimate of drug-likeness (QED) is 0.256. The first-order valence-corrected chi connectivity index (χ1v) is 12.6. The monoisotopic (exact) mass is 562 g/mol. The van der Waals surface area contributed by atoms with Crippen LogP contribution in [0.3, 0.4) is 0 Å². The summed E-state index contributed by atoms with van der Waals surface area (Å²) in [6.45, 7) is -0.396. The van der Waals surface area contributed by atoms with Gasteiger partial charge in [-0.15, -0.1) is 0 Å². The van der Waals surface area contributed by atoms with Gasteiger partial charge in [-0.2, -0.15) is 0 Å². The molecular weight excluding hydrogens is 538 g/mol. The fraction of sp³-hybridized carbons (Fsp3) is 0.241. The van der Waals surface area contributed by atoms with Crippen LogP contribution in [-0.2, 0) is 27.2 Å². The van der Waals surface area contributed by atoms with Gasteiger partial charge in [-0.3, -0.25) is 19.4 Å². The van der Waals surface area contributed by atoms with Gasteiger partial charge in [0.2, 0.25) is 0 Å². The third kappa shape index (κ3) is 5.96. The van der Waals surface area contributed by atoms with E-state index in [0.717, 1.165) is 6.07 Å². The van der Waals surface area contributed by atoms with Gasteiger partial charge < -0.3 is 19.9 Å². The molecular formula is C29H24F2N4O6. The molecule has 3 heterocycles. The summed E-state index contributed by atoms with van der Waals surface area (Å²) in [6, 6.07) is 9.62. The van der Waals surface area contributed by atoms with Crippen LogP contribution in [0.2, 0.25) is 0 Å².